The molecule has 120 valence electrons. The number of rotatable bonds is 7. The van der Waals surface area contributed by atoms with Crippen LogP contribution < -0.4 is 5.73 Å². The van der Waals surface area contributed by atoms with Crippen molar-refractivity contribution in [1.82, 2.24) is 4.90 Å². The lowest BCUT2D eigenvalue weighted by Gasteiger charge is -2.32. The van der Waals surface area contributed by atoms with Gasteiger partial charge in [0, 0.05) is 6.04 Å². The van der Waals surface area contributed by atoms with Crippen LogP contribution in [-0.2, 0) is 0 Å². The molecule has 1 atom stereocenters. The molecule has 0 bridgehead atoms. The molecule has 0 aromatic rings. The topological polar surface area (TPSA) is 29.3 Å². The van der Waals surface area contributed by atoms with Crippen LogP contribution in [0.25, 0.3) is 0 Å². The van der Waals surface area contributed by atoms with Crippen molar-refractivity contribution in [3.05, 3.63) is 0 Å². The molecule has 0 amide bonds. The molecule has 1 fully saturated rings. The van der Waals surface area contributed by atoms with Crippen LogP contribution in [0.3, 0.4) is 0 Å². The van der Waals surface area contributed by atoms with Gasteiger partial charge in [-0.25, -0.2) is 0 Å². The quantitative estimate of drug-likeness (QED) is 0.700. The first-order chi connectivity index (χ1) is 9.45. The molecule has 1 unspecified atom stereocenters. The Balaban J connectivity index is 2.30. The molecule has 2 nitrogen and oxygen atoms in total. The maximum absolute atomic E-state index is 5.78. The van der Waals surface area contributed by atoms with Crippen molar-refractivity contribution in [2.45, 2.75) is 84.6 Å². The van der Waals surface area contributed by atoms with E-state index in [4.69, 9.17) is 5.73 Å². The summed E-state index contributed by atoms with van der Waals surface area (Å²) in [5.74, 6) is 0.773. The number of nitrogens with two attached hydrogens (primary N) is 1. The third-order valence-electron chi connectivity index (χ3n) is 5.25. The lowest BCUT2D eigenvalue weighted by molar-refractivity contribution is 0.179. The van der Waals surface area contributed by atoms with Gasteiger partial charge in [-0.2, -0.15) is 0 Å². The second-order valence-corrected chi connectivity index (χ2v) is 7.91. The number of hydrogen-bond donors (Lipinski definition) is 1. The molecule has 0 heterocycles. The lowest BCUT2D eigenvalue weighted by Crippen LogP contribution is -2.33. The zero-order chi connectivity index (χ0) is 15.0. The van der Waals surface area contributed by atoms with Crippen molar-refractivity contribution in [2.24, 2.45) is 17.1 Å². The maximum atomic E-state index is 5.78. The molecule has 1 rings (SSSR count). The molecule has 1 aliphatic rings. The van der Waals surface area contributed by atoms with Gasteiger partial charge in [-0.05, 0) is 63.6 Å². The highest BCUT2D eigenvalue weighted by atomic mass is 15.1. The van der Waals surface area contributed by atoms with E-state index in [2.05, 4.69) is 32.7 Å². The summed E-state index contributed by atoms with van der Waals surface area (Å²) in [4.78, 5) is 2.63. The number of hydrogen-bond acceptors (Lipinski definition) is 2. The lowest BCUT2D eigenvalue weighted by atomic mass is 9.76. The Hall–Kier alpha value is -0.0800. The van der Waals surface area contributed by atoms with Crippen LogP contribution in [0.2, 0.25) is 0 Å². The van der Waals surface area contributed by atoms with Gasteiger partial charge in [0.15, 0.2) is 0 Å². The van der Waals surface area contributed by atoms with Crippen molar-refractivity contribution in [3.63, 3.8) is 0 Å². The van der Waals surface area contributed by atoms with Crippen LogP contribution in [-0.4, -0.2) is 31.1 Å². The Bertz CT molecular complexity index is 236. The molecule has 0 aromatic heterocycles. The van der Waals surface area contributed by atoms with Gasteiger partial charge in [-0.15, -0.1) is 0 Å². The summed E-state index contributed by atoms with van der Waals surface area (Å²) in [6.07, 6.45) is 12.5. The third kappa shape index (κ3) is 6.58. The van der Waals surface area contributed by atoms with E-state index in [9.17, 15) is 0 Å². The van der Waals surface area contributed by atoms with Crippen LogP contribution in [0.5, 0.6) is 0 Å². The zero-order valence-electron chi connectivity index (χ0n) is 14.5. The van der Waals surface area contributed by atoms with Crippen LogP contribution in [0.15, 0.2) is 0 Å². The highest BCUT2D eigenvalue weighted by molar-refractivity contribution is 4.76. The Morgan fingerprint density at radius 3 is 2.15 bits per heavy atom. The predicted octanol–water partition coefficient (Wildman–Crippen LogP) is 4.43. The Morgan fingerprint density at radius 2 is 1.65 bits per heavy atom. The second-order valence-electron chi connectivity index (χ2n) is 7.91. The average Bonchev–Trinajstić information content (AvgIpc) is 2.65. The fraction of sp³-hybridized carbons (Fsp3) is 1.00. The molecule has 0 spiro atoms. The number of nitrogens with zero attached hydrogens (tertiary/aromatic N) is 1. The van der Waals surface area contributed by atoms with E-state index < -0.39 is 0 Å². The van der Waals surface area contributed by atoms with Gasteiger partial charge in [0.05, 0.1) is 0 Å². The SMILES string of the molecule is CN(CCCC(CCN)C(C)(C)C)C1CCCCCC1. The molecule has 0 saturated heterocycles. The van der Waals surface area contributed by atoms with Crippen molar-refractivity contribution in [1.29, 1.82) is 0 Å². The van der Waals surface area contributed by atoms with E-state index in [0.717, 1.165) is 18.5 Å². The first-order valence-corrected chi connectivity index (χ1v) is 8.85. The Labute approximate surface area is 127 Å². The van der Waals surface area contributed by atoms with Crippen LogP contribution >= 0.6 is 0 Å². The van der Waals surface area contributed by atoms with Gasteiger partial charge in [-0.3, -0.25) is 0 Å². The zero-order valence-corrected chi connectivity index (χ0v) is 14.5. The minimum atomic E-state index is 0.403. The Kier molecular flexibility index (Phi) is 8.13. The second kappa shape index (κ2) is 9.04. The van der Waals surface area contributed by atoms with Crippen LogP contribution in [0.1, 0.15) is 78.6 Å². The highest BCUT2D eigenvalue weighted by Gasteiger charge is 2.24. The van der Waals surface area contributed by atoms with Gasteiger partial charge in [0.2, 0.25) is 0 Å². The molecule has 0 aliphatic heterocycles. The van der Waals surface area contributed by atoms with Gasteiger partial charge in [0.25, 0.3) is 0 Å². The van der Waals surface area contributed by atoms with E-state index in [1.807, 2.05) is 0 Å². The largest absolute Gasteiger partial charge is 0.330 e. The summed E-state index contributed by atoms with van der Waals surface area (Å²) < 4.78 is 0. The van der Waals surface area contributed by atoms with E-state index in [0.29, 0.717) is 5.41 Å². The molecule has 1 aliphatic carbocycles. The van der Waals surface area contributed by atoms with Gasteiger partial charge >= 0.3 is 0 Å². The normalized spacial score (nSPS) is 20.1. The molecule has 2 heteroatoms. The minimum absolute atomic E-state index is 0.403. The van der Waals surface area contributed by atoms with E-state index in [1.54, 1.807) is 0 Å². The molecular weight excluding hydrogens is 244 g/mol. The molecule has 0 radical (unpaired) electrons. The van der Waals surface area contributed by atoms with Crippen LogP contribution in [0.4, 0.5) is 0 Å². The highest BCUT2D eigenvalue weighted by Crippen LogP contribution is 2.32. The summed E-state index contributed by atoms with van der Waals surface area (Å²) in [6, 6.07) is 0.847. The molecular formula is C18H38N2. The first-order valence-electron chi connectivity index (χ1n) is 8.85. The minimum Gasteiger partial charge on any atom is -0.330 e. The first kappa shape index (κ1) is 18.0. The van der Waals surface area contributed by atoms with Crippen molar-refractivity contribution in [3.8, 4) is 0 Å². The van der Waals surface area contributed by atoms with E-state index in [-0.39, 0.29) is 0 Å². The van der Waals surface area contributed by atoms with Crippen molar-refractivity contribution in [2.75, 3.05) is 20.1 Å². The summed E-state index contributed by atoms with van der Waals surface area (Å²) in [6.45, 7) is 9.19. The molecule has 0 aromatic carbocycles. The summed E-state index contributed by atoms with van der Waals surface area (Å²) in [5.41, 5.74) is 6.18. The summed E-state index contributed by atoms with van der Waals surface area (Å²) >= 11 is 0. The smallest absolute Gasteiger partial charge is 0.00922 e. The molecule has 20 heavy (non-hydrogen) atoms. The van der Waals surface area contributed by atoms with E-state index in [1.165, 1.54) is 64.3 Å². The summed E-state index contributed by atoms with van der Waals surface area (Å²) in [7, 11) is 2.34. The molecule has 2 N–H and O–H groups in total. The predicted molar refractivity (Wildman–Crippen MR) is 90.0 cm³/mol. The monoisotopic (exact) mass is 282 g/mol. The van der Waals surface area contributed by atoms with Gasteiger partial charge in [-0.1, -0.05) is 46.5 Å². The maximum Gasteiger partial charge on any atom is 0.00922 e. The van der Waals surface area contributed by atoms with Gasteiger partial charge < -0.3 is 10.6 Å². The average molecular weight is 283 g/mol. The molecule has 1 saturated carbocycles. The third-order valence-corrected chi connectivity index (χ3v) is 5.25. The van der Waals surface area contributed by atoms with Crippen molar-refractivity contribution < 1.29 is 0 Å². The van der Waals surface area contributed by atoms with E-state index >= 15 is 0 Å². The van der Waals surface area contributed by atoms with Gasteiger partial charge in [0.1, 0.15) is 0 Å². The Morgan fingerprint density at radius 1 is 1.05 bits per heavy atom. The fourth-order valence-electron chi connectivity index (χ4n) is 3.68. The fourth-order valence-corrected chi connectivity index (χ4v) is 3.68. The van der Waals surface area contributed by atoms with Crippen LogP contribution in [0, 0.1) is 11.3 Å². The standard InChI is InChI=1S/C18H38N2/c1-18(2,3)16(13-14-19)10-9-15-20(4)17-11-7-5-6-8-12-17/h16-17H,5-15,19H2,1-4H3. The van der Waals surface area contributed by atoms with Crippen molar-refractivity contribution >= 4 is 0 Å². The summed E-state index contributed by atoms with van der Waals surface area (Å²) in [5, 5.41) is 0.